The fraction of sp³-hybridized carbons (Fsp3) is 0.231. The van der Waals surface area contributed by atoms with Crippen molar-refractivity contribution >= 4 is 17.3 Å². The van der Waals surface area contributed by atoms with E-state index >= 15 is 0 Å². The van der Waals surface area contributed by atoms with Gasteiger partial charge in [0.15, 0.2) is 0 Å². The molecule has 2 aromatic rings. The van der Waals surface area contributed by atoms with Gasteiger partial charge in [0.1, 0.15) is 0 Å². The van der Waals surface area contributed by atoms with Gasteiger partial charge in [0.2, 0.25) is 0 Å². The van der Waals surface area contributed by atoms with E-state index in [2.05, 4.69) is 4.98 Å². The summed E-state index contributed by atoms with van der Waals surface area (Å²) in [7, 11) is 0. The zero-order chi connectivity index (χ0) is 13.0. The minimum Gasteiger partial charge on any atom is -0.478 e. The molecule has 0 amide bonds. The lowest BCUT2D eigenvalue weighted by atomic mass is 10.1. The van der Waals surface area contributed by atoms with Crippen LogP contribution in [-0.2, 0) is 18.0 Å². The van der Waals surface area contributed by atoms with Gasteiger partial charge in [-0.15, -0.1) is 11.3 Å². The summed E-state index contributed by atoms with van der Waals surface area (Å²) in [6.07, 6.45) is 0. The standard InChI is InChI=1S/C13H13NO3S/c1-9-4-10(2-3-12(9)13(15)16)5-17-6-11-7-18-8-14-11/h2-4,7-8H,5-6H2,1H3,(H,15,16). The molecule has 0 unspecified atom stereocenters. The van der Waals surface area contributed by atoms with Crippen molar-refractivity contribution in [1.29, 1.82) is 0 Å². The second-order valence-corrected chi connectivity index (χ2v) is 4.65. The van der Waals surface area contributed by atoms with Crippen LogP contribution in [0.15, 0.2) is 29.1 Å². The normalized spacial score (nSPS) is 10.5. The van der Waals surface area contributed by atoms with Gasteiger partial charge in [0.05, 0.1) is 30.0 Å². The van der Waals surface area contributed by atoms with Gasteiger partial charge in [-0.05, 0) is 24.1 Å². The molecule has 0 saturated carbocycles. The number of ether oxygens (including phenoxy) is 1. The number of nitrogens with zero attached hydrogens (tertiary/aromatic N) is 1. The minimum absolute atomic E-state index is 0.332. The van der Waals surface area contributed by atoms with Gasteiger partial charge in [0, 0.05) is 5.38 Å². The van der Waals surface area contributed by atoms with Crippen LogP contribution >= 0.6 is 11.3 Å². The molecule has 1 aromatic carbocycles. The van der Waals surface area contributed by atoms with Crippen molar-refractivity contribution < 1.29 is 14.6 Å². The van der Waals surface area contributed by atoms with Gasteiger partial charge in [-0.1, -0.05) is 12.1 Å². The van der Waals surface area contributed by atoms with Crippen molar-refractivity contribution in [2.75, 3.05) is 0 Å². The highest BCUT2D eigenvalue weighted by Gasteiger charge is 2.07. The maximum absolute atomic E-state index is 10.9. The number of aromatic carboxylic acids is 1. The Kier molecular flexibility index (Phi) is 4.07. The third-order valence-corrected chi connectivity index (χ3v) is 3.16. The van der Waals surface area contributed by atoms with Gasteiger partial charge in [0.25, 0.3) is 0 Å². The summed E-state index contributed by atoms with van der Waals surface area (Å²) in [6.45, 7) is 2.72. The number of thiazole rings is 1. The maximum Gasteiger partial charge on any atom is 0.335 e. The van der Waals surface area contributed by atoms with Gasteiger partial charge in [-0.25, -0.2) is 9.78 Å². The summed E-state index contributed by atoms with van der Waals surface area (Å²) < 4.78 is 5.52. The first kappa shape index (κ1) is 12.7. The van der Waals surface area contributed by atoms with E-state index in [0.29, 0.717) is 18.8 Å². The molecule has 0 radical (unpaired) electrons. The second kappa shape index (κ2) is 5.75. The van der Waals surface area contributed by atoms with Crippen LogP contribution in [0, 0.1) is 6.92 Å². The zero-order valence-electron chi connectivity index (χ0n) is 9.92. The molecule has 0 aliphatic carbocycles. The average Bonchev–Trinajstić information content (AvgIpc) is 2.81. The predicted octanol–water partition coefficient (Wildman–Crippen LogP) is 2.87. The van der Waals surface area contributed by atoms with Crippen LogP contribution in [0.25, 0.3) is 0 Å². The molecule has 0 saturated heterocycles. The molecule has 0 atom stereocenters. The van der Waals surface area contributed by atoms with Gasteiger partial charge >= 0.3 is 5.97 Å². The number of aromatic nitrogens is 1. The molecule has 18 heavy (non-hydrogen) atoms. The molecule has 0 spiro atoms. The van der Waals surface area contributed by atoms with E-state index in [9.17, 15) is 4.79 Å². The van der Waals surface area contributed by atoms with E-state index < -0.39 is 5.97 Å². The van der Waals surface area contributed by atoms with Gasteiger partial charge in [-0.3, -0.25) is 0 Å². The number of carboxylic acids is 1. The topological polar surface area (TPSA) is 59.4 Å². The molecule has 0 fully saturated rings. The van der Waals surface area contributed by atoms with Crippen molar-refractivity contribution in [3.63, 3.8) is 0 Å². The second-order valence-electron chi connectivity index (χ2n) is 3.93. The monoisotopic (exact) mass is 263 g/mol. The third-order valence-electron chi connectivity index (χ3n) is 2.52. The molecule has 4 nitrogen and oxygen atoms in total. The van der Waals surface area contributed by atoms with Crippen LogP contribution in [0.3, 0.4) is 0 Å². The summed E-state index contributed by atoms with van der Waals surface area (Å²) in [4.78, 5) is 15.0. The first-order chi connectivity index (χ1) is 8.66. The van der Waals surface area contributed by atoms with E-state index in [0.717, 1.165) is 16.8 Å². The van der Waals surface area contributed by atoms with Gasteiger partial charge < -0.3 is 9.84 Å². The van der Waals surface area contributed by atoms with E-state index in [4.69, 9.17) is 9.84 Å². The first-order valence-corrected chi connectivity index (χ1v) is 6.38. The Hall–Kier alpha value is -1.72. The van der Waals surface area contributed by atoms with Crippen molar-refractivity contribution in [2.45, 2.75) is 20.1 Å². The Morgan fingerprint density at radius 3 is 2.89 bits per heavy atom. The molecule has 0 bridgehead atoms. The number of hydrogen-bond acceptors (Lipinski definition) is 4. The molecular weight excluding hydrogens is 250 g/mol. The summed E-state index contributed by atoms with van der Waals surface area (Å²) in [5, 5.41) is 10.9. The SMILES string of the molecule is Cc1cc(COCc2cscn2)ccc1C(=O)O. The van der Waals surface area contributed by atoms with Gasteiger partial charge in [-0.2, -0.15) is 0 Å². The lowest BCUT2D eigenvalue weighted by Gasteiger charge is -2.06. The third kappa shape index (κ3) is 3.15. The van der Waals surface area contributed by atoms with Crippen LogP contribution in [0.5, 0.6) is 0 Å². The largest absolute Gasteiger partial charge is 0.478 e. The van der Waals surface area contributed by atoms with E-state index in [1.807, 2.05) is 11.4 Å². The quantitative estimate of drug-likeness (QED) is 0.901. The van der Waals surface area contributed by atoms with Crippen molar-refractivity contribution in [3.05, 3.63) is 51.5 Å². The highest BCUT2D eigenvalue weighted by molar-refractivity contribution is 7.07. The number of aryl methyl sites for hydroxylation is 1. The molecule has 2 rings (SSSR count). The Morgan fingerprint density at radius 2 is 2.28 bits per heavy atom. The lowest BCUT2D eigenvalue weighted by molar-refractivity contribution is 0.0696. The van der Waals surface area contributed by atoms with Crippen LogP contribution < -0.4 is 0 Å². The number of carbonyl (C=O) groups is 1. The van der Waals surface area contributed by atoms with Crippen LogP contribution in [0.1, 0.15) is 27.2 Å². The smallest absolute Gasteiger partial charge is 0.335 e. The summed E-state index contributed by atoms with van der Waals surface area (Å²) in [5.74, 6) is -0.901. The molecule has 1 N–H and O–H groups in total. The summed E-state index contributed by atoms with van der Waals surface area (Å²) >= 11 is 1.54. The lowest BCUT2D eigenvalue weighted by Crippen LogP contribution is -2.01. The average molecular weight is 263 g/mol. The Bertz CT molecular complexity index is 537. The molecule has 5 heteroatoms. The highest BCUT2D eigenvalue weighted by atomic mass is 32.1. The molecule has 0 aliphatic rings. The summed E-state index contributed by atoms with van der Waals surface area (Å²) in [6, 6.07) is 5.22. The van der Waals surface area contributed by atoms with Crippen molar-refractivity contribution in [3.8, 4) is 0 Å². The molecule has 1 heterocycles. The van der Waals surface area contributed by atoms with E-state index in [1.54, 1.807) is 24.6 Å². The molecule has 0 aliphatic heterocycles. The zero-order valence-corrected chi connectivity index (χ0v) is 10.7. The Labute approximate surface area is 109 Å². The molecule has 94 valence electrons. The maximum atomic E-state index is 10.9. The van der Waals surface area contributed by atoms with Crippen LogP contribution in [0.4, 0.5) is 0 Å². The molecule has 1 aromatic heterocycles. The Morgan fingerprint density at radius 1 is 1.44 bits per heavy atom. The molecular formula is C13H13NO3S. The van der Waals surface area contributed by atoms with E-state index in [1.165, 1.54) is 11.3 Å². The summed E-state index contributed by atoms with van der Waals surface area (Å²) in [5.41, 5.74) is 4.73. The fourth-order valence-electron chi connectivity index (χ4n) is 1.64. The van der Waals surface area contributed by atoms with Crippen LogP contribution in [-0.4, -0.2) is 16.1 Å². The van der Waals surface area contributed by atoms with Crippen molar-refractivity contribution in [2.24, 2.45) is 0 Å². The number of carboxylic acid groups (broad SMARTS) is 1. The number of hydrogen-bond donors (Lipinski definition) is 1. The first-order valence-electron chi connectivity index (χ1n) is 5.44. The van der Waals surface area contributed by atoms with E-state index in [-0.39, 0.29) is 0 Å². The van der Waals surface area contributed by atoms with Crippen molar-refractivity contribution in [1.82, 2.24) is 4.98 Å². The predicted molar refractivity (Wildman–Crippen MR) is 68.7 cm³/mol. The number of rotatable bonds is 5. The fourth-order valence-corrected chi connectivity index (χ4v) is 2.18. The number of benzene rings is 1. The Balaban J connectivity index is 1.94. The highest BCUT2D eigenvalue weighted by Crippen LogP contribution is 2.13. The minimum atomic E-state index is -0.901. The van der Waals surface area contributed by atoms with Crippen LogP contribution in [0.2, 0.25) is 0 Å².